The van der Waals surface area contributed by atoms with Gasteiger partial charge in [-0.05, 0) is 55.8 Å². The highest BCUT2D eigenvalue weighted by Crippen LogP contribution is 2.28. The van der Waals surface area contributed by atoms with E-state index < -0.39 is 0 Å². The molecule has 0 aliphatic carbocycles. The van der Waals surface area contributed by atoms with Crippen molar-refractivity contribution in [2.75, 3.05) is 5.32 Å². The molecule has 0 radical (unpaired) electrons. The molecule has 0 saturated heterocycles. The van der Waals surface area contributed by atoms with Crippen LogP contribution in [0.1, 0.15) is 21.5 Å². The molecule has 0 atom stereocenters. The number of hydrogen-bond acceptors (Lipinski definition) is 3. The van der Waals surface area contributed by atoms with E-state index >= 15 is 0 Å². The van der Waals surface area contributed by atoms with E-state index in [9.17, 15) is 4.79 Å². The predicted molar refractivity (Wildman–Crippen MR) is 103 cm³/mol. The molecule has 26 heavy (non-hydrogen) atoms. The number of para-hydroxylation sites is 2. The van der Waals surface area contributed by atoms with Gasteiger partial charge >= 0.3 is 0 Å². The summed E-state index contributed by atoms with van der Waals surface area (Å²) in [6.07, 6.45) is 0. The molecule has 0 aliphatic rings. The Labute approximate surface area is 151 Å². The third-order valence-electron chi connectivity index (χ3n) is 4.31. The summed E-state index contributed by atoms with van der Waals surface area (Å²) >= 11 is 0. The van der Waals surface area contributed by atoms with Crippen molar-refractivity contribution in [3.63, 3.8) is 0 Å². The summed E-state index contributed by atoms with van der Waals surface area (Å²) in [5.41, 5.74) is 5.79. The average molecular weight is 342 g/mol. The number of carbonyl (C=O) groups excluding carboxylic acids is 1. The van der Waals surface area contributed by atoms with Crippen LogP contribution in [0.4, 0.5) is 5.69 Å². The molecule has 1 N–H and O–H groups in total. The number of hydrogen-bond donors (Lipinski definition) is 1. The monoisotopic (exact) mass is 342 g/mol. The Hall–Kier alpha value is -3.40. The van der Waals surface area contributed by atoms with E-state index in [1.54, 1.807) is 0 Å². The fourth-order valence-corrected chi connectivity index (χ4v) is 2.87. The van der Waals surface area contributed by atoms with E-state index in [1.165, 1.54) is 0 Å². The third-order valence-corrected chi connectivity index (χ3v) is 4.31. The van der Waals surface area contributed by atoms with Crippen LogP contribution in [0, 0.1) is 13.8 Å². The molecule has 0 unspecified atom stereocenters. The molecule has 0 fully saturated rings. The summed E-state index contributed by atoms with van der Waals surface area (Å²) in [4.78, 5) is 17.1. The smallest absolute Gasteiger partial charge is 0.255 e. The SMILES string of the molecule is Cc1cccc(C(=O)Nc2cc(-c3nc4ccccc4o3)ccc2C)c1. The Balaban J connectivity index is 1.67. The molecule has 4 rings (SSSR count). The maximum atomic E-state index is 12.6. The van der Waals surface area contributed by atoms with Crippen molar-refractivity contribution in [2.45, 2.75) is 13.8 Å². The van der Waals surface area contributed by atoms with Crippen molar-refractivity contribution >= 4 is 22.7 Å². The molecular formula is C22H18N2O2. The average Bonchev–Trinajstić information content (AvgIpc) is 3.07. The van der Waals surface area contributed by atoms with Crippen LogP contribution in [0.15, 0.2) is 71.1 Å². The van der Waals surface area contributed by atoms with Gasteiger partial charge in [-0.1, -0.05) is 35.9 Å². The summed E-state index contributed by atoms with van der Waals surface area (Å²) in [6.45, 7) is 3.93. The molecule has 0 spiro atoms. The molecule has 0 bridgehead atoms. The molecule has 128 valence electrons. The predicted octanol–water partition coefficient (Wildman–Crippen LogP) is 5.36. The fraction of sp³-hybridized carbons (Fsp3) is 0.0909. The van der Waals surface area contributed by atoms with Gasteiger partial charge in [0, 0.05) is 16.8 Å². The molecule has 1 heterocycles. The maximum absolute atomic E-state index is 12.6. The van der Waals surface area contributed by atoms with E-state index in [1.807, 2.05) is 80.6 Å². The third kappa shape index (κ3) is 3.09. The number of benzene rings is 3. The molecule has 0 aliphatic heterocycles. The summed E-state index contributed by atoms with van der Waals surface area (Å²) in [6, 6.07) is 21.0. The number of aromatic nitrogens is 1. The lowest BCUT2D eigenvalue weighted by Gasteiger charge is -2.10. The lowest BCUT2D eigenvalue weighted by Crippen LogP contribution is -2.13. The molecule has 3 aromatic carbocycles. The Kier molecular flexibility index (Phi) is 4.01. The highest BCUT2D eigenvalue weighted by atomic mass is 16.3. The first kappa shape index (κ1) is 16.1. The van der Waals surface area contributed by atoms with Crippen LogP contribution in [0.3, 0.4) is 0 Å². The zero-order valence-electron chi connectivity index (χ0n) is 14.6. The van der Waals surface area contributed by atoms with Gasteiger partial charge < -0.3 is 9.73 Å². The van der Waals surface area contributed by atoms with Gasteiger partial charge in [0.05, 0.1) is 0 Å². The second-order valence-electron chi connectivity index (χ2n) is 6.34. The van der Waals surface area contributed by atoms with Gasteiger partial charge in [-0.15, -0.1) is 0 Å². The van der Waals surface area contributed by atoms with Crippen molar-refractivity contribution in [3.05, 3.63) is 83.4 Å². The van der Waals surface area contributed by atoms with Crippen molar-refractivity contribution in [1.82, 2.24) is 4.98 Å². The number of fused-ring (bicyclic) bond motifs is 1. The lowest BCUT2D eigenvalue weighted by atomic mass is 10.1. The molecule has 0 saturated carbocycles. The second-order valence-corrected chi connectivity index (χ2v) is 6.34. The van der Waals surface area contributed by atoms with Crippen LogP contribution in [0.2, 0.25) is 0 Å². The van der Waals surface area contributed by atoms with Crippen molar-refractivity contribution in [3.8, 4) is 11.5 Å². The largest absolute Gasteiger partial charge is 0.436 e. The molecule has 4 heteroatoms. The van der Waals surface area contributed by atoms with Crippen LogP contribution in [0.25, 0.3) is 22.6 Å². The second kappa shape index (κ2) is 6.48. The van der Waals surface area contributed by atoms with Gasteiger partial charge in [-0.25, -0.2) is 4.98 Å². The summed E-state index contributed by atoms with van der Waals surface area (Å²) in [7, 11) is 0. The molecule has 1 aromatic heterocycles. The van der Waals surface area contributed by atoms with E-state index in [0.717, 1.165) is 33.5 Å². The van der Waals surface area contributed by atoms with E-state index in [2.05, 4.69) is 10.3 Å². The quantitative estimate of drug-likeness (QED) is 0.545. The Bertz CT molecular complexity index is 1080. The highest BCUT2D eigenvalue weighted by Gasteiger charge is 2.12. The first-order valence-electron chi connectivity index (χ1n) is 8.45. The van der Waals surface area contributed by atoms with E-state index in [4.69, 9.17) is 4.42 Å². The summed E-state index contributed by atoms with van der Waals surface area (Å²) < 4.78 is 5.83. The Morgan fingerprint density at radius 2 is 1.81 bits per heavy atom. The van der Waals surface area contributed by atoms with Crippen LogP contribution in [-0.2, 0) is 0 Å². The van der Waals surface area contributed by atoms with Crippen molar-refractivity contribution in [2.24, 2.45) is 0 Å². The number of oxazole rings is 1. The Morgan fingerprint density at radius 3 is 2.62 bits per heavy atom. The maximum Gasteiger partial charge on any atom is 0.255 e. The van der Waals surface area contributed by atoms with Crippen molar-refractivity contribution < 1.29 is 9.21 Å². The van der Waals surface area contributed by atoms with Crippen LogP contribution < -0.4 is 5.32 Å². The van der Waals surface area contributed by atoms with Gasteiger partial charge in [0.15, 0.2) is 5.58 Å². The van der Waals surface area contributed by atoms with Crippen LogP contribution in [-0.4, -0.2) is 10.9 Å². The molecule has 1 amide bonds. The first-order valence-corrected chi connectivity index (χ1v) is 8.45. The summed E-state index contributed by atoms with van der Waals surface area (Å²) in [5.74, 6) is 0.406. The number of nitrogens with zero attached hydrogens (tertiary/aromatic N) is 1. The van der Waals surface area contributed by atoms with Crippen LogP contribution >= 0.6 is 0 Å². The zero-order valence-corrected chi connectivity index (χ0v) is 14.6. The fourth-order valence-electron chi connectivity index (χ4n) is 2.87. The highest BCUT2D eigenvalue weighted by molar-refractivity contribution is 6.05. The van der Waals surface area contributed by atoms with Crippen LogP contribution in [0.5, 0.6) is 0 Å². The standard InChI is InChI=1S/C22H18N2O2/c1-14-6-5-7-16(12-14)21(25)23-19-13-17(11-10-15(19)2)22-24-18-8-3-4-9-20(18)26-22/h3-13H,1-2H3,(H,23,25). The van der Waals surface area contributed by atoms with Gasteiger partial charge in [-0.2, -0.15) is 0 Å². The summed E-state index contributed by atoms with van der Waals surface area (Å²) in [5, 5.41) is 2.99. The van der Waals surface area contributed by atoms with Crippen molar-refractivity contribution in [1.29, 1.82) is 0 Å². The number of anilines is 1. The van der Waals surface area contributed by atoms with Gasteiger partial charge in [0.2, 0.25) is 5.89 Å². The number of rotatable bonds is 3. The number of aryl methyl sites for hydroxylation is 2. The molecule has 4 aromatic rings. The first-order chi connectivity index (χ1) is 12.6. The Morgan fingerprint density at radius 1 is 0.962 bits per heavy atom. The number of amides is 1. The topological polar surface area (TPSA) is 55.1 Å². The minimum Gasteiger partial charge on any atom is -0.436 e. The minimum absolute atomic E-state index is 0.133. The number of carbonyl (C=O) groups is 1. The number of nitrogens with one attached hydrogen (secondary N) is 1. The zero-order chi connectivity index (χ0) is 18.1. The van der Waals surface area contributed by atoms with Gasteiger partial charge in [-0.3, -0.25) is 4.79 Å². The van der Waals surface area contributed by atoms with E-state index in [0.29, 0.717) is 11.5 Å². The van der Waals surface area contributed by atoms with E-state index in [-0.39, 0.29) is 5.91 Å². The normalized spacial score (nSPS) is 10.8. The van der Waals surface area contributed by atoms with Gasteiger partial charge in [0.1, 0.15) is 5.52 Å². The lowest BCUT2D eigenvalue weighted by molar-refractivity contribution is 0.102. The molecule has 4 nitrogen and oxygen atoms in total. The van der Waals surface area contributed by atoms with Gasteiger partial charge in [0.25, 0.3) is 5.91 Å². The minimum atomic E-state index is -0.133. The molecular weight excluding hydrogens is 324 g/mol.